The first-order valence-corrected chi connectivity index (χ1v) is 7.45. The normalized spacial score (nSPS) is 19.7. The van der Waals surface area contributed by atoms with Crippen molar-refractivity contribution in [2.24, 2.45) is 16.7 Å². The summed E-state index contributed by atoms with van der Waals surface area (Å²) in [5, 5.41) is 12.6. The molecule has 0 amide bonds. The van der Waals surface area contributed by atoms with Gasteiger partial charge in [0.2, 0.25) is 0 Å². The summed E-state index contributed by atoms with van der Waals surface area (Å²) in [7, 11) is 0. The Morgan fingerprint density at radius 2 is 1.90 bits per heavy atom. The SMILES string of the molecule is CC1(C)C(Cn2nnnc2-c2cccc(Cl)c2N)C1(C)C. The maximum absolute atomic E-state index is 6.09. The van der Waals surface area contributed by atoms with E-state index < -0.39 is 0 Å². The van der Waals surface area contributed by atoms with Crippen molar-refractivity contribution in [1.29, 1.82) is 0 Å². The van der Waals surface area contributed by atoms with Gasteiger partial charge in [-0.25, -0.2) is 4.68 Å². The standard InChI is InChI=1S/C15H20ClN5/c1-14(2)11(15(14,3)4)8-21-13(18-19-20-21)9-6-5-7-10(16)12(9)17/h5-7,11H,8,17H2,1-4H3. The van der Waals surface area contributed by atoms with Crippen molar-refractivity contribution in [3.05, 3.63) is 23.2 Å². The summed E-state index contributed by atoms with van der Waals surface area (Å²) in [6.07, 6.45) is 0. The second kappa shape index (κ2) is 4.44. The molecule has 0 aliphatic heterocycles. The number of hydrogen-bond acceptors (Lipinski definition) is 4. The summed E-state index contributed by atoms with van der Waals surface area (Å²) < 4.78 is 1.84. The molecular weight excluding hydrogens is 286 g/mol. The van der Waals surface area contributed by atoms with Crippen LogP contribution in [-0.4, -0.2) is 20.2 Å². The van der Waals surface area contributed by atoms with Crippen LogP contribution >= 0.6 is 11.6 Å². The number of rotatable bonds is 3. The maximum atomic E-state index is 6.09. The number of nitrogen functional groups attached to an aromatic ring is 1. The zero-order valence-corrected chi connectivity index (χ0v) is 13.5. The average Bonchev–Trinajstić information content (AvgIpc) is 2.77. The number of nitrogens with zero attached hydrogens (tertiary/aromatic N) is 4. The lowest BCUT2D eigenvalue weighted by Gasteiger charge is -2.09. The predicted octanol–water partition coefficient (Wildman–Crippen LogP) is 3.26. The summed E-state index contributed by atoms with van der Waals surface area (Å²) in [5.74, 6) is 1.21. The minimum atomic E-state index is 0.288. The van der Waals surface area contributed by atoms with Crippen molar-refractivity contribution in [3.63, 3.8) is 0 Å². The van der Waals surface area contributed by atoms with Gasteiger partial charge in [0.1, 0.15) is 0 Å². The molecule has 0 spiro atoms. The second-order valence-corrected chi connectivity index (χ2v) is 7.29. The maximum Gasteiger partial charge on any atom is 0.184 e. The lowest BCUT2D eigenvalue weighted by molar-refractivity contribution is 0.457. The Kier molecular flexibility index (Phi) is 3.03. The molecule has 3 rings (SSSR count). The van der Waals surface area contributed by atoms with E-state index in [0.29, 0.717) is 22.5 Å². The van der Waals surface area contributed by atoms with Crippen LogP contribution in [0.5, 0.6) is 0 Å². The average molecular weight is 306 g/mol. The Balaban J connectivity index is 1.94. The lowest BCUT2D eigenvalue weighted by atomic mass is 10.0. The van der Waals surface area contributed by atoms with Gasteiger partial charge in [0.05, 0.1) is 10.7 Å². The minimum absolute atomic E-state index is 0.288. The van der Waals surface area contributed by atoms with Gasteiger partial charge in [-0.15, -0.1) is 5.10 Å². The van der Waals surface area contributed by atoms with Gasteiger partial charge in [-0.3, -0.25) is 0 Å². The van der Waals surface area contributed by atoms with Gasteiger partial charge in [-0.1, -0.05) is 45.4 Å². The largest absolute Gasteiger partial charge is 0.397 e. The van der Waals surface area contributed by atoms with Crippen molar-refractivity contribution in [1.82, 2.24) is 20.2 Å². The summed E-state index contributed by atoms with van der Waals surface area (Å²) in [4.78, 5) is 0. The van der Waals surface area contributed by atoms with Gasteiger partial charge >= 0.3 is 0 Å². The van der Waals surface area contributed by atoms with E-state index in [4.69, 9.17) is 17.3 Å². The van der Waals surface area contributed by atoms with E-state index in [9.17, 15) is 0 Å². The van der Waals surface area contributed by atoms with Crippen LogP contribution in [-0.2, 0) is 6.54 Å². The van der Waals surface area contributed by atoms with Crippen molar-refractivity contribution in [3.8, 4) is 11.4 Å². The fraction of sp³-hybridized carbons (Fsp3) is 0.533. The van der Waals surface area contributed by atoms with Crippen LogP contribution in [0, 0.1) is 16.7 Å². The highest BCUT2D eigenvalue weighted by Crippen LogP contribution is 2.68. The number of nitrogens with two attached hydrogens (primary N) is 1. The Morgan fingerprint density at radius 3 is 2.52 bits per heavy atom. The third-order valence-corrected chi connectivity index (χ3v) is 5.83. The summed E-state index contributed by atoms with van der Waals surface area (Å²) in [6, 6.07) is 5.52. The first-order valence-electron chi connectivity index (χ1n) is 7.07. The summed E-state index contributed by atoms with van der Waals surface area (Å²) in [5.41, 5.74) is 7.93. The van der Waals surface area contributed by atoms with Gasteiger partial charge < -0.3 is 5.73 Å². The highest BCUT2D eigenvalue weighted by atomic mass is 35.5. The first kappa shape index (κ1) is 14.3. The Bertz CT molecular complexity index is 675. The molecule has 0 bridgehead atoms. The molecule has 0 atom stereocenters. The third-order valence-electron chi connectivity index (χ3n) is 5.50. The molecule has 6 heteroatoms. The van der Waals surface area contributed by atoms with Crippen LogP contribution in [0.15, 0.2) is 18.2 Å². The lowest BCUT2D eigenvalue weighted by Crippen LogP contribution is -2.09. The molecule has 112 valence electrons. The molecule has 1 aromatic heterocycles. The van der Waals surface area contributed by atoms with Gasteiger partial charge in [0.25, 0.3) is 0 Å². The summed E-state index contributed by atoms with van der Waals surface area (Å²) in [6.45, 7) is 9.93. The number of anilines is 1. The van der Waals surface area contributed by atoms with Crippen molar-refractivity contribution < 1.29 is 0 Å². The number of aromatic nitrogens is 4. The van der Waals surface area contributed by atoms with E-state index >= 15 is 0 Å². The molecule has 1 aliphatic carbocycles. The van der Waals surface area contributed by atoms with Crippen LogP contribution < -0.4 is 5.73 Å². The van der Waals surface area contributed by atoms with Crippen LogP contribution in [0.3, 0.4) is 0 Å². The van der Waals surface area contributed by atoms with Crippen molar-refractivity contribution >= 4 is 17.3 Å². The molecule has 0 unspecified atom stereocenters. The minimum Gasteiger partial charge on any atom is -0.397 e. The van der Waals surface area contributed by atoms with Crippen molar-refractivity contribution in [2.45, 2.75) is 34.2 Å². The number of benzene rings is 1. The molecule has 1 aliphatic rings. The van der Waals surface area contributed by atoms with Gasteiger partial charge in [0.15, 0.2) is 5.82 Å². The molecule has 5 nitrogen and oxygen atoms in total. The molecule has 0 radical (unpaired) electrons. The number of hydrogen-bond donors (Lipinski definition) is 1. The summed E-state index contributed by atoms with van der Waals surface area (Å²) >= 11 is 6.09. The third kappa shape index (κ3) is 2.02. The van der Waals surface area contributed by atoms with Crippen LogP contribution in [0.2, 0.25) is 5.02 Å². The van der Waals surface area contributed by atoms with Gasteiger partial charge in [-0.05, 0) is 39.3 Å². The van der Waals surface area contributed by atoms with E-state index in [-0.39, 0.29) is 10.8 Å². The molecule has 21 heavy (non-hydrogen) atoms. The van der Waals surface area contributed by atoms with Crippen LogP contribution in [0.4, 0.5) is 5.69 Å². The zero-order chi connectivity index (χ0) is 15.4. The van der Waals surface area contributed by atoms with Gasteiger partial charge in [-0.2, -0.15) is 0 Å². The highest BCUT2D eigenvalue weighted by Gasteiger charge is 2.64. The van der Waals surface area contributed by atoms with E-state index in [1.165, 1.54) is 0 Å². The highest BCUT2D eigenvalue weighted by molar-refractivity contribution is 6.33. The quantitative estimate of drug-likeness (QED) is 0.884. The second-order valence-electron chi connectivity index (χ2n) is 6.88. The van der Waals surface area contributed by atoms with Crippen molar-refractivity contribution in [2.75, 3.05) is 5.73 Å². The molecule has 0 saturated heterocycles. The number of halogens is 1. The topological polar surface area (TPSA) is 69.6 Å². The smallest absolute Gasteiger partial charge is 0.184 e. The number of tetrazole rings is 1. The predicted molar refractivity (Wildman–Crippen MR) is 83.7 cm³/mol. The van der Waals surface area contributed by atoms with Gasteiger partial charge in [0, 0.05) is 12.1 Å². The fourth-order valence-corrected chi connectivity index (χ4v) is 3.39. The van der Waals surface area contributed by atoms with E-state index in [1.54, 1.807) is 6.07 Å². The van der Waals surface area contributed by atoms with E-state index in [2.05, 4.69) is 43.2 Å². The van der Waals surface area contributed by atoms with Crippen LogP contribution in [0.25, 0.3) is 11.4 Å². The van der Waals surface area contributed by atoms with Crippen LogP contribution in [0.1, 0.15) is 27.7 Å². The number of para-hydroxylation sites is 1. The zero-order valence-electron chi connectivity index (χ0n) is 12.8. The molecule has 1 fully saturated rings. The molecule has 1 aromatic carbocycles. The molecular formula is C15H20ClN5. The fourth-order valence-electron chi connectivity index (χ4n) is 3.22. The first-order chi connectivity index (χ1) is 9.76. The Labute approximate surface area is 129 Å². The monoisotopic (exact) mass is 305 g/mol. The molecule has 1 heterocycles. The van der Waals surface area contributed by atoms with E-state index in [0.717, 1.165) is 12.1 Å². The van der Waals surface area contributed by atoms with E-state index in [1.807, 2.05) is 16.8 Å². The molecule has 2 aromatic rings. The Hall–Kier alpha value is -1.62. The Morgan fingerprint density at radius 1 is 1.24 bits per heavy atom. The molecule has 2 N–H and O–H groups in total. The molecule has 1 saturated carbocycles.